The molecule has 0 aliphatic heterocycles. The minimum absolute atomic E-state index is 0.0355. The van der Waals surface area contributed by atoms with Gasteiger partial charge in [0.05, 0.1) is 11.6 Å². The third kappa shape index (κ3) is 5.08. The molecule has 3 aromatic rings. The predicted octanol–water partition coefficient (Wildman–Crippen LogP) is 4.44. The number of nitrogens with zero attached hydrogens (tertiary/aromatic N) is 1. The zero-order valence-electron chi connectivity index (χ0n) is 16.2. The molecule has 1 amide bonds. The van der Waals surface area contributed by atoms with Crippen molar-refractivity contribution in [1.82, 2.24) is 10.2 Å². The summed E-state index contributed by atoms with van der Waals surface area (Å²) in [4.78, 5) is 14.4. The highest BCUT2D eigenvalue weighted by atomic mass is 19.1. The number of hydrogen-bond donors (Lipinski definition) is 1. The Hall–Kier alpha value is -2.92. The van der Waals surface area contributed by atoms with Gasteiger partial charge in [-0.15, -0.1) is 0 Å². The van der Waals surface area contributed by atoms with Crippen molar-refractivity contribution < 1.29 is 13.6 Å². The summed E-state index contributed by atoms with van der Waals surface area (Å²) in [5.41, 5.74) is 1.59. The number of carbonyl (C=O) groups excluding carboxylic acids is 1. The maximum Gasteiger partial charge on any atom is 0.220 e. The van der Waals surface area contributed by atoms with Gasteiger partial charge in [-0.25, -0.2) is 4.39 Å². The van der Waals surface area contributed by atoms with E-state index in [-0.39, 0.29) is 17.8 Å². The van der Waals surface area contributed by atoms with Crippen molar-refractivity contribution in [3.05, 3.63) is 83.9 Å². The monoisotopic (exact) mass is 380 g/mol. The summed E-state index contributed by atoms with van der Waals surface area (Å²) in [6.07, 6.45) is 0.789. The van der Waals surface area contributed by atoms with Gasteiger partial charge in [-0.3, -0.25) is 4.79 Å². The van der Waals surface area contributed by atoms with E-state index in [1.807, 2.05) is 32.3 Å². The first-order chi connectivity index (χ1) is 13.5. The summed E-state index contributed by atoms with van der Waals surface area (Å²) >= 11 is 0. The third-order valence-electron chi connectivity index (χ3n) is 4.70. The smallest absolute Gasteiger partial charge is 0.220 e. The Labute approximate surface area is 165 Å². The van der Waals surface area contributed by atoms with Crippen LogP contribution in [0.5, 0.6) is 0 Å². The number of rotatable bonds is 8. The number of furan rings is 1. The van der Waals surface area contributed by atoms with Crippen LogP contribution in [0.25, 0.3) is 11.3 Å². The third-order valence-corrected chi connectivity index (χ3v) is 4.70. The van der Waals surface area contributed by atoms with Gasteiger partial charge >= 0.3 is 0 Å². The van der Waals surface area contributed by atoms with Crippen molar-refractivity contribution >= 4 is 5.91 Å². The van der Waals surface area contributed by atoms with E-state index >= 15 is 0 Å². The Morgan fingerprint density at radius 1 is 1.04 bits per heavy atom. The first kappa shape index (κ1) is 19.8. The van der Waals surface area contributed by atoms with Gasteiger partial charge in [-0.1, -0.05) is 42.5 Å². The molecule has 2 aromatic carbocycles. The normalized spacial score (nSPS) is 12.1. The zero-order valence-corrected chi connectivity index (χ0v) is 16.2. The van der Waals surface area contributed by atoms with Gasteiger partial charge in [0, 0.05) is 19.4 Å². The molecule has 0 saturated carbocycles. The molecule has 0 aliphatic rings. The Morgan fingerprint density at radius 2 is 1.75 bits per heavy atom. The van der Waals surface area contributed by atoms with E-state index in [2.05, 4.69) is 22.3 Å². The van der Waals surface area contributed by atoms with Crippen LogP contribution in [0.4, 0.5) is 4.39 Å². The first-order valence-corrected chi connectivity index (χ1v) is 9.36. The van der Waals surface area contributed by atoms with Gasteiger partial charge in [0.25, 0.3) is 0 Å². The second-order valence-corrected chi connectivity index (χ2v) is 6.94. The quantitative estimate of drug-likeness (QED) is 0.628. The number of hydrogen-bond acceptors (Lipinski definition) is 3. The second-order valence-electron chi connectivity index (χ2n) is 6.94. The highest BCUT2D eigenvalue weighted by Crippen LogP contribution is 2.25. The number of amides is 1. The van der Waals surface area contributed by atoms with E-state index < -0.39 is 0 Å². The van der Waals surface area contributed by atoms with E-state index in [9.17, 15) is 9.18 Å². The van der Waals surface area contributed by atoms with Crippen LogP contribution >= 0.6 is 0 Å². The van der Waals surface area contributed by atoms with E-state index in [0.29, 0.717) is 36.5 Å². The van der Waals surface area contributed by atoms with Gasteiger partial charge in [0.15, 0.2) is 0 Å². The lowest BCUT2D eigenvalue weighted by atomic mass is 10.1. The van der Waals surface area contributed by atoms with Crippen LogP contribution in [-0.2, 0) is 11.2 Å². The van der Waals surface area contributed by atoms with E-state index in [1.54, 1.807) is 30.3 Å². The number of nitrogens with one attached hydrogen (secondary N) is 1. The minimum Gasteiger partial charge on any atom is -0.461 e. The lowest BCUT2D eigenvalue weighted by Crippen LogP contribution is -2.34. The molecule has 0 bridgehead atoms. The van der Waals surface area contributed by atoms with Crippen LogP contribution < -0.4 is 5.32 Å². The Balaban J connectivity index is 1.53. The highest BCUT2D eigenvalue weighted by molar-refractivity contribution is 5.76. The van der Waals surface area contributed by atoms with Crippen molar-refractivity contribution in [2.75, 3.05) is 20.6 Å². The first-order valence-electron chi connectivity index (χ1n) is 9.36. The number of likely N-dealkylation sites (N-methyl/N-ethyl adjacent to an activating group) is 1. The number of carbonyl (C=O) groups is 1. The molecule has 4 nitrogen and oxygen atoms in total. The fourth-order valence-electron chi connectivity index (χ4n) is 3.13. The topological polar surface area (TPSA) is 45.5 Å². The van der Waals surface area contributed by atoms with Crippen LogP contribution in [0.15, 0.2) is 71.1 Å². The molecule has 146 valence electrons. The van der Waals surface area contributed by atoms with Crippen molar-refractivity contribution in [1.29, 1.82) is 0 Å². The van der Waals surface area contributed by atoms with Crippen molar-refractivity contribution in [3.8, 4) is 11.3 Å². The molecule has 0 spiro atoms. The van der Waals surface area contributed by atoms with Gasteiger partial charge < -0.3 is 14.6 Å². The SMILES string of the molecule is CN(C)C(CNC(=O)CCc1ccc(-c2ccccc2F)o1)c1ccccc1. The number of aryl methyl sites for hydroxylation is 1. The van der Waals surface area contributed by atoms with Crippen LogP contribution in [0.2, 0.25) is 0 Å². The van der Waals surface area contributed by atoms with Crippen molar-refractivity contribution in [2.24, 2.45) is 0 Å². The fourth-order valence-corrected chi connectivity index (χ4v) is 3.13. The standard InChI is InChI=1S/C23H25FN2O2/c1-26(2)21(17-8-4-3-5-9-17)16-25-23(27)15-13-18-12-14-22(28-18)19-10-6-7-11-20(19)24/h3-12,14,21H,13,15-16H2,1-2H3,(H,25,27). The average molecular weight is 380 g/mol. The maximum atomic E-state index is 13.9. The molecule has 1 heterocycles. The van der Waals surface area contributed by atoms with Gasteiger partial charge in [-0.2, -0.15) is 0 Å². The fraction of sp³-hybridized carbons (Fsp3) is 0.261. The van der Waals surface area contributed by atoms with Crippen LogP contribution in [0.1, 0.15) is 23.8 Å². The summed E-state index contributed by atoms with van der Waals surface area (Å²) in [6, 6.07) is 20.2. The molecule has 1 atom stereocenters. The lowest BCUT2D eigenvalue weighted by Gasteiger charge is -2.25. The van der Waals surface area contributed by atoms with Gasteiger partial charge in [0.1, 0.15) is 17.3 Å². The average Bonchev–Trinajstić information content (AvgIpc) is 3.16. The zero-order chi connectivity index (χ0) is 19.9. The summed E-state index contributed by atoms with van der Waals surface area (Å²) in [5.74, 6) is 0.786. The number of halogens is 1. The number of benzene rings is 2. The van der Waals surface area contributed by atoms with Gasteiger partial charge in [-0.05, 0) is 43.9 Å². The van der Waals surface area contributed by atoms with Crippen LogP contribution in [0, 0.1) is 5.82 Å². The molecule has 28 heavy (non-hydrogen) atoms. The summed E-state index contributed by atoms with van der Waals surface area (Å²) in [6.45, 7) is 0.536. The van der Waals surface area contributed by atoms with Gasteiger partial charge in [0.2, 0.25) is 5.91 Å². The van der Waals surface area contributed by atoms with Crippen LogP contribution in [-0.4, -0.2) is 31.4 Å². The molecule has 1 aromatic heterocycles. The maximum absolute atomic E-state index is 13.9. The van der Waals surface area contributed by atoms with E-state index in [1.165, 1.54) is 6.07 Å². The minimum atomic E-state index is -0.322. The molecular weight excluding hydrogens is 355 g/mol. The molecule has 3 rings (SSSR count). The largest absolute Gasteiger partial charge is 0.461 e. The lowest BCUT2D eigenvalue weighted by molar-refractivity contribution is -0.121. The van der Waals surface area contributed by atoms with Crippen molar-refractivity contribution in [2.45, 2.75) is 18.9 Å². The molecule has 1 unspecified atom stereocenters. The molecule has 5 heteroatoms. The molecule has 0 radical (unpaired) electrons. The highest BCUT2D eigenvalue weighted by Gasteiger charge is 2.15. The summed E-state index contributed by atoms with van der Waals surface area (Å²) in [5, 5.41) is 3.00. The molecule has 1 N–H and O–H groups in total. The summed E-state index contributed by atoms with van der Waals surface area (Å²) in [7, 11) is 3.99. The Kier molecular flexibility index (Phi) is 6.61. The second kappa shape index (κ2) is 9.33. The summed E-state index contributed by atoms with van der Waals surface area (Å²) < 4.78 is 19.6. The Bertz CT molecular complexity index is 906. The van der Waals surface area contributed by atoms with Crippen LogP contribution in [0.3, 0.4) is 0 Å². The molecule has 0 aliphatic carbocycles. The molecule has 0 saturated heterocycles. The molecular formula is C23H25FN2O2. The predicted molar refractivity (Wildman–Crippen MR) is 108 cm³/mol. The molecule has 0 fully saturated rings. The van der Waals surface area contributed by atoms with E-state index in [4.69, 9.17) is 4.42 Å². The Morgan fingerprint density at radius 3 is 2.46 bits per heavy atom. The van der Waals surface area contributed by atoms with E-state index in [0.717, 1.165) is 5.56 Å². The van der Waals surface area contributed by atoms with Crippen molar-refractivity contribution in [3.63, 3.8) is 0 Å².